The fourth-order valence-electron chi connectivity index (χ4n) is 3.86. The number of ether oxygens (including phenoxy) is 2. The minimum Gasteiger partial charge on any atom is -0.445 e. The van der Waals surface area contributed by atoms with Crippen LogP contribution < -0.4 is 21.3 Å². The fraction of sp³-hybridized carbons (Fsp3) is 0.385. The van der Waals surface area contributed by atoms with Crippen LogP contribution in [0, 0.1) is 0 Å². The Balaban J connectivity index is 1.52. The lowest BCUT2D eigenvalue weighted by atomic mass is 9.96. The van der Waals surface area contributed by atoms with Crippen molar-refractivity contribution in [2.24, 2.45) is 0 Å². The van der Waals surface area contributed by atoms with Gasteiger partial charge in [-0.1, -0.05) is 74.5 Å². The first-order chi connectivity index (χ1) is 17.4. The average Bonchev–Trinajstić information content (AvgIpc) is 2.90. The van der Waals surface area contributed by atoms with Crippen molar-refractivity contribution in [2.75, 3.05) is 0 Å². The summed E-state index contributed by atoms with van der Waals surface area (Å²) < 4.78 is 10.5. The van der Waals surface area contributed by atoms with Crippen molar-refractivity contribution in [3.63, 3.8) is 0 Å². The Labute approximate surface area is 210 Å². The van der Waals surface area contributed by atoms with Gasteiger partial charge < -0.3 is 30.7 Å². The molecule has 4 amide bonds. The summed E-state index contributed by atoms with van der Waals surface area (Å²) in [5.41, 5.74) is 1.65. The molecule has 2 aromatic carbocycles. The first-order valence-corrected chi connectivity index (χ1v) is 12.0. The second-order valence-corrected chi connectivity index (χ2v) is 8.41. The number of carbonyl (C=O) groups excluding carboxylic acids is 4. The highest BCUT2D eigenvalue weighted by Crippen LogP contribution is 2.11. The molecule has 0 radical (unpaired) electrons. The minimum atomic E-state index is -0.981. The second-order valence-electron chi connectivity index (χ2n) is 8.41. The Kier molecular flexibility index (Phi) is 9.67. The third-order valence-corrected chi connectivity index (χ3v) is 5.88. The van der Waals surface area contributed by atoms with Crippen molar-refractivity contribution in [1.82, 2.24) is 21.3 Å². The quantitative estimate of drug-likeness (QED) is 0.399. The monoisotopic (exact) mass is 496 g/mol. The van der Waals surface area contributed by atoms with E-state index in [2.05, 4.69) is 21.3 Å². The molecule has 10 nitrogen and oxygen atoms in total. The summed E-state index contributed by atoms with van der Waals surface area (Å²) in [7, 11) is 0. The van der Waals surface area contributed by atoms with E-state index in [0.29, 0.717) is 12.8 Å². The molecule has 0 aliphatic carbocycles. The molecule has 1 aliphatic heterocycles. The molecule has 3 rings (SSSR count). The predicted octanol–water partition coefficient (Wildman–Crippen LogP) is 2.38. The number of hydrogen-bond donors (Lipinski definition) is 4. The van der Waals surface area contributed by atoms with Gasteiger partial charge in [0.2, 0.25) is 11.8 Å². The Hall–Kier alpha value is -4.08. The van der Waals surface area contributed by atoms with Crippen LogP contribution in [0.5, 0.6) is 0 Å². The fourth-order valence-corrected chi connectivity index (χ4v) is 3.86. The highest BCUT2D eigenvalue weighted by Gasteiger charge is 2.41. The third-order valence-electron chi connectivity index (χ3n) is 5.88. The summed E-state index contributed by atoms with van der Waals surface area (Å²) >= 11 is 0. The van der Waals surface area contributed by atoms with Gasteiger partial charge >= 0.3 is 12.2 Å². The summed E-state index contributed by atoms with van der Waals surface area (Å²) in [6.07, 6.45) is -0.622. The summed E-state index contributed by atoms with van der Waals surface area (Å²) in [6, 6.07) is 15.1. The number of amides is 4. The van der Waals surface area contributed by atoms with Gasteiger partial charge in [-0.05, 0) is 24.0 Å². The van der Waals surface area contributed by atoms with E-state index < -0.39 is 48.2 Å². The van der Waals surface area contributed by atoms with Crippen LogP contribution in [-0.4, -0.2) is 48.2 Å². The van der Waals surface area contributed by atoms with Crippen molar-refractivity contribution in [2.45, 2.75) is 64.1 Å². The van der Waals surface area contributed by atoms with Crippen molar-refractivity contribution >= 4 is 24.0 Å². The SMILES string of the molecule is CCC(NC(=O)OCc1ccccc1)C1NC(=O)C(C(CC)NC(=O)OCc2ccccc2)NC1=O. The number of hydrogen-bond acceptors (Lipinski definition) is 6. The first-order valence-electron chi connectivity index (χ1n) is 12.0. The van der Waals surface area contributed by atoms with E-state index in [0.717, 1.165) is 11.1 Å². The topological polar surface area (TPSA) is 135 Å². The lowest BCUT2D eigenvalue weighted by Gasteiger charge is -2.36. The number of benzene rings is 2. The average molecular weight is 497 g/mol. The van der Waals surface area contributed by atoms with E-state index in [1.165, 1.54) is 0 Å². The molecule has 0 saturated carbocycles. The number of piperazine rings is 1. The van der Waals surface area contributed by atoms with Crippen LogP contribution in [0.2, 0.25) is 0 Å². The van der Waals surface area contributed by atoms with Crippen molar-refractivity contribution < 1.29 is 28.7 Å². The maximum Gasteiger partial charge on any atom is 0.407 e. The number of rotatable bonds is 10. The summed E-state index contributed by atoms with van der Waals surface area (Å²) in [5, 5.41) is 10.7. The molecule has 36 heavy (non-hydrogen) atoms. The Morgan fingerprint density at radius 2 is 1.08 bits per heavy atom. The summed E-state index contributed by atoms with van der Waals surface area (Å²) in [5.74, 6) is -0.930. The highest BCUT2D eigenvalue weighted by atomic mass is 16.6. The van der Waals surface area contributed by atoms with Crippen LogP contribution in [0.1, 0.15) is 37.8 Å². The summed E-state index contributed by atoms with van der Waals surface area (Å²) in [6.45, 7) is 3.73. The molecular weight excluding hydrogens is 464 g/mol. The molecule has 10 heteroatoms. The maximum absolute atomic E-state index is 12.9. The van der Waals surface area contributed by atoms with Gasteiger partial charge in [-0.3, -0.25) is 9.59 Å². The molecule has 0 spiro atoms. The molecule has 0 bridgehead atoms. The molecule has 1 fully saturated rings. The Morgan fingerprint density at radius 1 is 0.722 bits per heavy atom. The molecule has 1 saturated heterocycles. The van der Waals surface area contributed by atoms with E-state index in [1.54, 1.807) is 13.8 Å². The van der Waals surface area contributed by atoms with Crippen molar-refractivity contribution in [1.29, 1.82) is 0 Å². The van der Waals surface area contributed by atoms with Crippen LogP contribution >= 0.6 is 0 Å². The zero-order valence-corrected chi connectivity index (χ0v) is 20.4. The van der Waals surface area contributed by atoms with Gasteiger partial charge in [-0.25, -0.2) is 9.59 Å². The number of nitrogens with one attached hydrogen (secondary N) is 4. The van der Waals surface area contributed by atoms with E-state index in [4.69, 9.17) is 9.47 Å². The molecule has 4 unspecified atom stereocenters. The van der Waals surface area contributed by atoms with Gasteiger partial charge in [0, 0.05) is 0 Å². The van der Waals surface area contributed by atoms with Gasteiger partial charge in [-0.2, -0.15) is 0 Å². The van der Waals surface area contributed by atoms with Crippen molar-refractivity contribution in [3.05, 3.63) is 71.8 Å². The maximum atomic E-state index is 12.9. The van der Waals surface area contributed by atoms with Gasteiger partial charge in [0.05, 0.1) is 12.1 Å². The molecule has 192 valence electrons. The molecular formula is C26H32N4O6. The number of carbonyl (C=O) groups is 4. The lowest BCUT2D eigenvalue weighted by Crippen LogP contribution is -2.71. The molecule has 4 atom stereocenters. The zero-order valence-electron chi connectivity index (χ0n) is 20.4. The normalized spacial score (nSPS) is 18.7. The van der Waals surface area contributed by atoms with E-state index in [9.17, 15) is 19.2 Å². The van der Waals surface area contributed by atoms with Gasteiger partial charge in [0.25, 0.3) is 0 Å². The lowest BCUT2D eigenvalue weighted by molar-refractivity contribution is -0.138. The van der Waals surface area contributed by atoms with Crippen molar-refractivity contribution in [3.8, 4) is 0 Å². The van der Waals surface area contributed by atoms with Crippen LogP contribution in [0.3, 0.4) is 0 Å². The third kappa shape index (κ3) is 7.46. The molecule has 4 N–H and O–H groups in total. The largest absolute Gasteiger partial charge is 0.445 e. The Morgan fingerprint density at radius 3 is 1.42 bits per heavy atom. The van der Waals surface area contributed by atoms with Crippen LogP contribution in [0.25, 0.3) is 0 Å². The first kappa shape index (κ1) is 26.5. The van der Waals surface area contributed by atoms with Gasteiger partial charge in [0.1, 0.15) is 25.3 Å². The number of alkyl carbamates (subject to hydrolysis) is 2. The molecule has 0 aromatic heterocycles. The van der Waals surface area contributed by atoms with Crippen LogP contribution in [0.4, 0.5) is 9.59 Å². The van der Waals surface area contributed by atoms with Gasteiger partial charge in [-0.15, -0.1) is 0 Å². The van der Waals surface area contributed by atoms with E-state index in [-0.39, 0.29) is 13.2 Å². The predicted molar refractivity (Wildman–Crippen MR) is 132 cm³/mol. The zero-order chi connectivity index (χ0) is 25.9. The van der Waals surface area contributed by atoms with E-state index >= 15 is 0 Å². The standard InChI is InChI=1S/C26H32N4O6/c1-3-19(27-25(33)35-15-17-11-7-5-8-12-17)21-23(31)30-22(24(32)29-21)20(4-2)28-26(34)36-16-18-13-9-6-10-14-18/h5-14,19-22H,3-4,15-16H2,1-2H3,(H,27,33)(H,28,34)(H,29,32)(H,30,31). The molecule has 2 aromatic rings. The van der Waals surface area contributed by atoms with Crippen LogP contribution in [-0.2, 0) is 32.3 Å². The summed E-state index contributed by atoms with van der Waals surface area (Å²) in [4.78, 5) is 50.3. The second kappa shape index (κ2) is 13.1. The van der Waals surface area contributed by atoms with E-state index in [1.807, 2.05) is 60.7 Å². The smallest absolute Gasteiger partial charge is 0.407 e. The molecule has 1 aliphatic rings. The van der Waals surface area contributed by atoms with Crippen LogP contribution in [0.15, 0.2) is 60.7 Å². The molecule has 1 heterocycles. The highest BCUT2D eigenvalue weighted by molar-refractivity contribution is 5.98. The van der Waals surface area contributed by atoms with Gasteiger partial charge in [0.15, 0.2) is 0 Å². The Bertz CT molecular complexity index is 950. The minimum absolute atomic E-state index is 0.0820.